The normalized spacial score (nSPS) is 14.5. The fourth-order valence-electron chi connectivity index (χ4n) is 3.51. The van der Waals surface area contributed by atoms with Crippen molar-refractivity contribution < 1.29 is 14.4 Å². The Morgan fingerprint density at radius 1 is 1.10 bits per heavy atom. The van der Waals surface area contributed by atoms with E-state index in [-0.39, 0.29) is 12.2 Å². The van der Waals surface area contributed by atoms with E-state index in [4.69, 9.17) is 9.57 Å². The molecule has 4 rings (SSSR count). The number of amides is 1. The van der Waals surface area contributed by atoms with E-state index >= 15 is 0 Å². The monoisotopic (exact) mass is 406 g/mol. The van der Waals surface area contributed by atoms with Gasteiger partial charge in [0.1, 0.15) is 11.9 Å². The minimum Gasteiger partial charge on any atom is -0.410 e. The van der Waals surface area contributed by atoms with Crippen LogP contribution in [0.3, 0.4) is 0 Å². The predicted molar refractivity (Wildman–Crippen MR) is 112 cm³/mol. The Kier molecular flexibility index (Phi) is 6.27. The van der Waals surface area contributed by atoms with Crippen molar-refractivity contribution in [1.82, 2.24) is 19.8 Å². The van der Waals surface area contributed by atoms with Crippen molar-refractivity contribution in [3.05, 3.63) is 77.9 Å². The molecule has 0 radical (unpaired) electrons. The summed E-state index contributed by atoms with van der Waals surface area (Å²) in [4.78, 5) is 25.8. The molecule has 1 fully saturated rings. The molecule has 0 aliphatic carbocycles. The van der Waals surface area contributed by atoms with Gasteiger partial charge < -0.3 is 14.5 Å². The van der Waals surface area contributed by atoms with Gasteiger partial charge in [-0.05, 0) is 61.2 Å². The van der Waals surface area contributed by atoms with Gasteiger partial charge in [-0.2, -0.15) is 0 Å². The molecule has 1 saturated heterocycles. The second-order valence-electron chi connectivity index (χ2n) is 7.54. The van der Waals surface area contributed by atoms with Crippen LogP contribution in [0.1, 0.15) is 29.7 Å². The van der Waals surface area contributed by atoms with Crippen LogP contribution >= 0.6 is 0 Å². The van der Waals surface area contributed by atoms with Gasteiger partial charge in [-0.3, -0.25) is 4.98 Å². The van der Waals surface area contributed by atoms with Gasteiger partial charge in [0, 0.05) is 37.8 Å². The Labute approximate surface area is 176 Å². The van der Waals surface area contributed by atoms with Crippen LogP contribution in [-0.4, -0.2) is 45.1 Å². The first-order chi connectivity index (χ1) is 14.7. The largest absolute Gasteiger partial charge is 0.415 e. The van der Waals surface area contributed by atoms with E-state index in [1.54, 1.807) is 17.3 Å². The molecular formula is C23H26N4O3. The SMILES string of the molecule is Cc1ccnc(CCc2ccc(OC(=O)N3CCC(On4cccn4)CC3)cc2)c1. The second-order valence-corrected chi connectivity index (χ2v) is 7.54. The zero-order valence-electron chi connectivity index (χ0n) is 17.1. The highest BCUT2D eigenvalue weighted by Gasteiger charge is 2.25. The summed E-state index contributed by atoms with van der Waals surface area (Å²) < 4.78 is 5.54. The molecule has 0 N–H and O–H groups in total. The number of aryl methyl sites for hydroxylation is 3. The smallest absolute Gasteiger partial charge is 0.410 e. The molecule has 0 spiro atoms. The van der Waals surface area contributed by atoms with Crippen LogP contribution in [-0.2, 0) is 12.8 Å². The second kappa shape index (κ2) is 9.43. The molecule has 0 atom stereocenters. The van der Waals surface area contributed by atoms with Gasteiger partial charge in [0.05, 0.1) is 12.4 Å². The van der Waals surface area contributed by atoms with Crippen molar-refractivity contribution in [2.24, 2.45) is 0 Å². The molecule has 1 aliphatic heterocycles. The number of aromatic nitrogens is 3. The summed E-state index contributed by atoms with van der Waals surface area (Å²) in [6.07, 6.45) is 8.31. The number of benzene rings is 1. The van der Waals surface area contributed by atoms with Gasteiger partial charge in [-0.15, -0.1) is 9.94 Å². The van der Waals surface area contributed by atoms with Crippen molar-refractivity contribution in [2.45, 2.75) is 38.7 Å². The zero-order chi connectivity index (χ0) is 20.8. The molecular weight excluding hydrogens is 380 g/mol. The zero-order valence-corrected chi connectivity index (χ0v) is 17.1. The number of ether oxygens (including phenoxy) is 1. The molecule has 1 aliphatic rings. The van der Waals surface area contributed by atoms with Crippen molar-refractivity contribution in [2.75, 3.05) is 13.1 Å². The number of piperidine rings is 1. The lowest BCUT2D eigenvalue weighted by atomic mass is 10.1. The molecule has 0 saturated carbocycles. The van der Waals surface area contributed by atoms with Gasteiger partial charge in [-0.1, -0.05) is 12.1 Å². The number of hydrogen-bond donors (Lipinski definition) is 0. The van der Waals surface area contributed by atoms with Crippen molar-refractivity contribution in [3.63, 3.8) is 0 Å². The standard InChI is InChI=1S/C23H26N4O3/c1-18-9-13-24-20(17-18)6-3-19-4-7-21(8-5-19)29-23(28)26-15-10-22(11-16-26)30-27-14-2-12-25-27/h2,4-5,7-9,12-14,17,22H,3,6,10-11,15-16H2,1H3. The lowest BCUT2D eigenvalue weighted by molar-refractivity contribution is -0.0162. The number of carbonyl (C=O) groups excluding carboxylic acids is 1. The Hall–Kier alpha value is -3.35. The summed E-state index contributed by atoms with van der Waals surface area (Å²) in [5.74, 6) is 0.562. The third kappa shape index (κ3) is 5.37. The van der Waals surface area contributed by atoms with Crippen LogP contribution in [0.15, 0.2) is 61.1 Å². The Morgan fingerprint density at radius 2 is 1.90 bits per heavy atom. The van der Waals surface area contributed by atoms with Gasteiger partial charge in [0.2, 0.25) is 0 Å². The molecule has 3 aromatic rings. The molecule has 0 unspecified atom stereocenters. The number of nitrogens with zero attached hydrogens (tertiary/aromatic N) is 4. The predicted octanol–water partition coefficient (Wildman–Crippen LogP) is 3.46. The summed E-state index contributed by atoms with van der Waals surface area (Å²) >= 11 is 0. The molecule has 0 bridgehead atoms. The highest BCUT2D eigenvalue weighted by molar-refractivity contribution is 5.70. The lowest BCUT2D eigenvalue weighted by Gasteiger charge is -2.30. The van der Waals surface area contributed by atoms with E-state index in [2.05, 4.69) is 23.1 Å². The molecule has 3 heterocycles. The fraction of sp³-hybridized carbons (Fsp3) is 0.348. The quantitative estimate of drug-likeness (QED) is 0.627. The molecule has 30 heavy (non-hydrogen) atoms. The van der Waals surface area contributed by atoms with Gasteiger partial charge in [0.15, 0.2) is 0 Å². The van der Waals surface area contributed by atoms with Crippen LogP contribution in [0.5, 0.6) is 5.75 Å². The van der Waals surface area contributed by atoms with Crippen molar-refractivity contribution in [3.8, 4) is 5.75 Å². The van der Waals surface area contributed by atoms with Gasteiger partial charge in [-0.25, -0.2) is 4.79 Å². The van der Waals surface area contributed by atoms with E-state index in [9.17, 15) is 4.79 Å². The highest BCUT2D eigenvalue weighted by Crippen LogP contribution is 2.17. The first-order valence-corrected chi connectivity index (χ1v) is 10.3. The van der Waals surface area contributed by atoms with E-state index in [1.165, 1.54) is 16.0 Å². The number of pyridine rings is 1. The van der Waals surface area contributed by atoms with Crippen LogP contribution in [0.25, 0.3) is 0 Å². The molecule has 1 amide bonds. The third-order valence-electron chi connectivity index (χ3n) is 5.21. The summed E-state index contributed by atoms with van der Waals surface area (Å²) in [6.45, 7) is 3.28. The third-order valence-corrected chi connectivity index (χ3v) is 5.21. The first-order valence-electron chi connectivity index (χ1n) is 10.3. The minimum absolute atomic E-state index is 0.0520. The lowest BCUT2D eigenvalue weighted by Crippen LogP contribution is -2.44. The molecule has 2 aromatic heterocycles. The van der Waals surface area contributed by atoms with Crippen LogP contribution < -0.4 is 9.57 Å². The van der Waals surface area contributed by atoms with Crippen molar-refractivity contribution >= 4 is 6.09 Å². The Morgan fingerprint density at radius 3 is 2.60 bits per heavy atom. The summed E-state index contributed by atoms with van der Waals surface area (Å²) in [5.41, 5.74) is 3.50. The topological polar surface area (TPSA) is 69.5 Å². The number of carbonyl (C=O) groups is 1. The van der Waals surface area contributed by atoms with Crippen LogP contribution in [0.2, 0.25) is 0 Å². The molecule has 1 aromatic carbocycles. The van der Waals surface area contributed by atoms with Crippen molar-refractivity contribution in [1.29, 1.82) is 0 Å². The van der Waals surface area contributed by atoms with E-state index in [0.717, 1.165) is 31.4 Å². The maximum atomic E-state index is 12.5. The Balaban J connectivity index is 1.23. The maximum absolute atomic E-state index is 12.5. The van der Waals surface area contributed by atoms with E-state index in [0.29, 0.717) is 18.8 Å². The molecule has 7 nitrogen and oxygen atoms in total. The van der Waals surface area contributed by atoms with Gasteiger partial charge >= 0.3 is 6.09 Å². The maximum Gasteiger partial charge on any atom is 0.415 e. The number of hydrogen-bond acceptors (Lipinski definition) is 5. The average molecular weight is 406 g/mol. The van der Waals surface area contributed by atoms with E-state index < -0.39 is 0 Å². The van der Waals surface area contributed by atoms with Gasteiger partial charge in [0.25, 0.3) is 0 Å². The Bertz CT molecular complexity index is 949. The first kappa shape index (κ1) is 19.9. The van der Waals surface area contributed by atoms with E-state index in [1.807, 2.05) is 42.6 Å². The number of likely N-dealkylation sites (tertiary alicyclic amines) is 1. The number of rotatable bonds is 6. The average Bonchev–Trinajstić information content (AvgIpc) is 3.27. The molecule has 156 valence electrons. The van der Waals surface area contributed by atoms with Crippen LogP contribution in [0.4, 0.5) is 4.79 Å². The molecule has 7 heteroatoms. The minimum atomic E-state index is -0.316. The highest BCUT2D eigenvalue weighted by atomic mass is 16.7. The summed E-state index contributed by atoms with van der Waals surface area (Å²) in [7, 11) is 0. The fourth-order valence-corrected chi connectivity index (χ4v) is 3.51. The van der Waals surface area contributed by atoms with Crippen LogP contribution in [0, 0.1) is 6.92 Å². The summed E-state index contributed by atoms with van der Waals surface area (Å²) in [6, 6.07) is 13.6. The summed E-state index contributed by atoms with van der Waals surface area (Å²) in [5, 5.41) is 4.05.